The van der Waals surface area contributed by atoms with E-state index in [2.05, 4.69) is 26.4 Å². The third kappa shape index (κ3) is 7.24. The Bertz CT molecular complexity index is 1310. The predicted molar refractivity (Wildman–Crippen MR) is 142 cm³/mol. The van der Waals surface area contributed by atoms with Crippen LogP contribution in [0.2, 0.25) is 10.0 Å². The largest absolute Gasteiger partial charge is 0.378 e. The molecule has 4 rings (SSSR count). The van der Waals surface area contributed by atoms with Crippen molar-refractivity contribution in [3.05, 3.63) is 106 Å². The van der Waals surface area contributed by atoms with Crippen molar-refractivity contribution in [3.8, 4) is 0 Å². The number of carbonyl (C=O) groups is 2. The Hall–Kier alpha value is -3.53. The van der Waals surface area contributed by atoms with E-state index < -0.39 is 5.91 Å². The van der Waals surface area contributed by atoms with Crippen LogP contribution in [0.5, 0.6) is 0 Å². The normalized spacial score (nSPS) is 10.6. The molecule has 0 aliphatic carbocycles. The molecule has 2 amide bonds. The van der Waals surface area contributed by atoms with Crippen LogP contribution in [0.15, 0.2) is 84.0 Å². The minimum Gasteiger partial charge on any atom is -0.378 e. The summed E-state index contributed by atoms with van der Waals surface area (Å²) in [5, 5.41) is 13.7. The summed E-state index contributed by atoms with van der Waals surface area (Å²) in [6.07, 6.45) is 0. The number of anilines is 1. The van der Waals surface area contributed by atoms with Crippen molar-refractivity contribution in [2.24, 2.45) is 0 Å². The standard InChI is InChI=1S/C25H22Cl2N6O2S/c26-19-8-6-18(7-9-19)24(35)31-30-23(34)16-36-25-32-29-22(14-28-21-12-10-20(27)11-13-21)33(25)15-17-4-2-1-3-5-17/h1-13,28H,14-16H2,(H,30,34)(H,31,35). The number of hydrogen-bond acceptors (Lipinski definition) is 6. The van der Waals surface area contributed by atoms with Crippen molar-refractivity contribution >= 4 is 52.5 Å². The van der Waals surface area contributed by atoms with Gasteiger partial charge in [-0.25, -0.2) is 0 Å². The van der Waals surface area contributed by atoms with Crippen molar-refractivity contribution in [1.82, 2.24) is 25.6 Å². The van der Waals surface area contributed by atoms with E-state index in [4.69, 9.17) is 23.2 Å². The molecule has 0 radical (unpaired) electrons. The summed E-state index contributed by atoms with van der Waals surface area (Å²) >= 11 is 13.0. The maximum absolute atomic E-state index is 12.4. The highest BCUT2D eigenvalue weighted by molar-refractivity contribution is 7.99. The van der Waals surface area contributed by atoms with Crippen molar-refractivity contribution in [2.75, 3.05) is 11.1 Å². The van der Waals surface area contributed by atoms with Crippen molar-refractivity contribution in [1.29, 1.82) is 0 Å². The Morgan fingerprint density at radius 1 is 0.833 bits per heavy atom. The molecule has 1 aromatic heterocycles. The number of thioether (sulfide) groups is 1. The summed E-state index contributed by atoms with van der Waals surface area (Å²) in [6, 6.07) is 23.7. The van der Waals surface area contributed by atoms with Crippen LogP contribution in [0.1, 0.15) is 21.7 Å². The molecule has 3 N–H and O–H groups in total. The van der Waals surface area contributed by atoms with E-state index in [0.29, 0.717) is 39.7 Å². The summed E-state index contributed by atoms with van der Waals surface area (Å²) in [6.45, 7) is 0.980. The first-order chi connectivity index (χ1) is 17.5. The lowest BCUT2D eigenvalue weighted by Crippen LogP contribution is -2.42. The number of amides is 2. The van der Waals surface area contributed by atoms with Crippen LogP contribution in [-0.4, -0.2) is 32.3 Å². The van der Waals surface area contributed by atoms with Crippen LogP contribution < -0.4 is 16.2 Å². The topological polar surface area (TPSA) is 101 Å². The SMILES string of the molecule is O=C(CSc1nnc(CNc2ccc(Cl)cc2)n1Cc1ccccc1)NNC(=O)c1ccc(Cl)cc1. The number of halogens is 2. The van der Waals surface area contributed by atoms with Gasteiger partial charge in [-0.1, -0.05) is 65.3 Å². The Balaban J connectivity index is 1.38. The Morgan fingerprint density at radius 2 is 1.50 bits per heavy atom. The lowest BCUT2D eigenvalue weighted by Gasteiger charge is -2.12. The summed E-state index contributed by atoms with van der Waals surface area (Å²) in [7, 11) is 0. The molecule has 3 aromatic carbocycles. The molecule has 0 fully saturated rings. The van der Waals surface area contributed by atoms with Crippen LogP contribution in [0, 0.1) is 0 Å². The van der Waals surface area contributed by atoms with E-state index >= 15 is 0 Å². The molecule has 0 bridgehead atoms. The molecule has 4 aromatic rings. The summed E-state index contributed by atoms with van der Waals surface area (Å²) in [5.41, 5.74) is 7.18. The zero-order chi connectivity index (χ0) is 25.3. The molecule has 0 atom stereocenters. The molecule has 0 unspecified atom stereocenters. The van der Waals surface area contributed by atoms with Gasteiger partial charge >= 0.3 is 0 Å². The smallest absolute Gasteiger partial charge is 0.269 e. The quantitative estimate of drug-likeness (QED) is 0.208. The molecular formula is C25H22Cl2N6O2S. The van der Waals surface area contributed by atoms with Gasteiger partial charge in [0.1, 0.15) is 0 Å². The Labute approximate surface area is 222 Å². The van der Waals surface area contributed by atoms with Crippen LogP contribution in [-0.2, 0) is 17.9 Å². The predicted octanol–water partition coefficient (Wildman–Crippen LogP) is 4.80. The third-order valence-electron chi connectivity index (χ3n) is 5.03. The van der Waals surface area contributed by atoms with Gasteiger partial charge in [0, 0.05) is 21.3 Å². The first-order valence-corrected chi connectivity index (χ1v) is 12.6. The average molecular weight is 541 g/mol. The second kappa shape index (κ2) is 12.4. The molecular weight excluding hydrogens is 519 g/mol. The number of nitrogens with one attached hydrogen (secondary N) is 3. The zero-order valence-electron chi connectivity index (χ0n) is 18.9. The van der Waals surface area contributed by atoms with Gasteiger partial charge in [-0.2, -0.15) is 0 Å². The van der Waals surface area contributed by atoms with Gasteiger partial charge in [0.25, 0.3) is 5.91 Å². The number of aromatic nitrogens is 3. The van der Waals surface area contributed by atoms with Crippen molar-refractivity contribution in [2.45, 2.75) is 18.2 Å². The van der Waals surface area contributed by atoms with Crippen LogP contribution in [0.4, 0.5) is 5.69 Å². The van der Waals surface area contributed by atoms with E-state index in [-0.39, 0.29) is 11.7 Å². The highest BCUT2D eigenvalue weighted by atomic mass is 35.5. The minimum absolute atomic E-state index is 0.0401. The number of benzene rings is 3. The molecule has 8 nitrogen and oxygen atoms in total. The van der Waals surface area contributed by atoms with Crippen molar-refractivity contribution in [3.63, 3.8) is 0 Å². The minimum atomic E-state index is -0.437. The van der Waals surface area contributed by atoms with Crippen LogP contribution in [0.25, 0.3) is 0 Å². The molecule has 0 aliphatic heterocycles. The molecule has 11 heteroatoms. The summed E-state index contributed by atoms with van der Waals surface area (Å²) in [5.74, 6) is -0.0590. The maximum atomic E-state index is 12.4. The second-order valence-corrected chi connectivity index (χ2v) is 9.44. The second-order valence-electron chi connectivity index (χ2n) is 7.63. The molecule has 0 aliphatic rings. The molecule has 36 heavy (non-hydrogen) atoms. The third-order valence-corrected chi connectivity index (χ3v) is 6.50. The lowest BCUT2D eigenvalue weighted by molar-refractivity contribution is -0.119. The first-order valence-electron chi connectivity index (χ1n) is 10.9. The van der Waals surface area contributed by atoms with Crippen LogP contribution in [0.3, 0.4) is 0 Å². The van der Waals surface area contributed by atoms with E-state index in [9.17, 15) is 9.59 Å². The monoisotopic (exact) mass is 540 g/mol. The molecule has 1 heterocycles. The molecule has 0 spiro atoms. The van der Waals surface area contributed by atoms with E-state index in [1.165, 1.54) is 11.8 Å². The number of nitrogens with zero attached hydrogens (tertiary/aromatic N) is 3. The Kier molecular flexibility index (Phi) is 8.83. The highest BCUT2D eigenvalue weighted by Gasteiger charge is 2.15. The summed E-state index contributed by atoms with van der Waals surface area (Å²) in [4.78, 5) is 24.6. The van der Waals surface area contributed by atoms with Crippen LogP contribution >= 0.6 is 35.0 Å². The fourth-order valence-electron chi connectivity index (χ4n) is 3.20. The fraction of sp³-hybridized carbons (Fsp3) is 0.120. The van der Waals surface area contributed by atoms with Gasteiger partial charge in [-0.15, -0.1) is 10.2 Å². The number of hydrazine groups is 1. The molecule has 0 saturated heterocycles. The van der Waals surface area contributed by atoms with Gasteiger partial charge in [0.05, 0.1) is 18.8 Å². The van der Waals surface area contributed by atoms with E-state index in [0.717, 1.165) is 11.3 Å². The number of hydrogen-bond donors (Lipinski definition) is 3. The van der Waals surface area contributed by atoms with Gasteiger partial charge in [-0.3, -0.25) is 20.4 Å². The average Bonchev–Trinajstić information content (AvgIpc) is 3.27. The van der Waals surface area contributed by atoms with Gasteiger partial charge < -0.3 is 9.88 Å². The molecule has 0 saturated carbocycles. The fourth-order valence-corrected chi connectivity index (χ4v) is 4.20. The maximum Gasteiger partial charge on any atom is 0.269 e. The highest BCUT2D eigenvalue weighted by Crippen LogP contribution is 2.20. The van der Waals surface area contributed by atoms with Gasteiger partial charge in [0.15, 0.2) is 11.0 Å². The summed E-state index contributed by atoms with van der Waals surface area (Å²) < 4.78 is 1.96. The van der Waals surface area contributed by atoms with Crippen molar-refractivity contribution < 1.29 is 9.59 Å². The zero-order valence-corrected chi connectivity index (χ0v) is 21.3. The van der Waals surface area contributed by atoms with E-state index in [1.807, 2.05) is 59.2 Å². The Morgan fingerprint density at radius 3 is 2.19 bits per heavy atom. The lowest BCUT2D eigenvalue weighted by atomic mass is 10.2. The van der Waals surface area contributed by atoms with E-state index in [1.54, 1.807) is 24.3 Å². The first kappa shape index (κ1) is 25.6. The van der Waals surface area contributed by atoms with Gasteiger partial charge in [0.2, 0.25) is 5.91 Å². The number of carbonyl (C=O) groups excluding carboxylic acids is 2. The molecule has 184 valence electrons. The number of rotatable bonds is 9. The van der Waals surface area contributed by atoms with Gasteiger partial charge in [-0.05, 0) is 54.1 Å².